The van der Waals surface area contributed by atoms with Crippen molar-refractivity contribution in [2.45, 2.75) is 58.2 Å². The molecule has 1 heterocycles. The molecule has 2 rings (SSSR count). The Bertz CT molecular complexity index is 476. The molecule has 0 spiro atoms. The molecule has 7 heteroatoms. The zero-order chi connectivity index (χ0) is 15.2. The number of carbonyl (C=O) groups is 1. The van der Waals surface area contributed by atoms with Crippen molar-refractivity contribution in [2.24, 2.45) is 5.92 Å². The molecule has 0 aliphatic heterocycles. The number of alkyl halides is 1. The van der Waals surface area contributed by atoms with E-state index >= 15 is 0 Å². The first-order chi connectivity index (χ1) is 10.1. The molecule has 21 heavy (non-hydrogen) atoms. The fourth-order valence-electron chi connectivity index (χ4n) is 2.71. The van der Waals surface area contributed by atoms with Gasteiger partial charge in [0, 0.05) is 6.04 Å². The van der Waals surface area contributed by atoms with Gasteiger partial charge in [-0.1, -0.05) is 19.3 Å². The summed E-state index contributed by atoms with van der Waals surface area (Å²) < 4.78 is 13.4. The molecule has 1 aliphatic rings. The summed E-state index contributed by atoms with van der Waals surface area (Å²) in [7, 11) is 0. The van der Waals surface area contributed by atoms with E-state index in [4.69, 9.17) is 0 Å². The number of hydrogen-bond donors (Lipinski definition) is 2. The van der Waals surface area contributed by atoms with Gasteiger partial charge >= 0.3 is 0 Å². The van der Waals surface area contributed by atoms with Crippen molar-refractivity contribution in [3.05, 3.63) is 5.82 Å². The minimum absolute atomic E-state index is 0.0210. The standard InChI is InChI=1S/C14H22FN5O/c1-9(15)12-18-13(16-8-21)20-14(19-12)17-10(2)11-6-4-3-5-7-11/h8-11H,3-7H2,1-2H3,(H2,16,17,18,19,20,21). The molecule has 1 saturated carbocycles. The molecule has 1 aromatic heterocycles. The highest BCUT2D eigenvalue weighted by molar-refractivity contribution is 5.66. The van der Waals surface area contributed by atoms with Crippen molar-refractivity contribution in [1.29, 1.82) is 0 Å². The maximum absolute atomic E-state index is 13.4. The molecule has 1 aliphatic carbocycles. The highest BCUT2D eigenvalue weighted by atomic mass is 19.1. The van der Waals surface area contributed by atoms with Gasteiger partial charge in [0.15, 0.2) is 12.0 Å². The van der Waals surface area contributed by atoms with Gasteiger partial charge in [-0.05, 0) is 32.6 Å². The highest BCUT2D eigenvalue weighted by Gasteiger charge is 2.21. The normalized spacial score (nSPS) is 18.8. The van der Waals surface area contributed by atoms with E-state index in [9.17, 15) is 9.18 Å². The van der Waals surface area contributed by atoms with E-state index in [1.807, 2.05) is 0 Å². The van der Waals surface area contributed by atoms with Gasteiger partial charge < -0.3 is 5.32 Å². The lowest BCUT2D eigenvalue weighted by Crippen LogP contribution is -2.29. The molecule has 116 valence electrons. The third kappa shape index (κ3) is 4.34. The SMILES string of the molecule is CC(F)c1nc(NC=O)nc(NC(C)C2CCCCC2)n1. The van der Waals surface area contributed by atoms with E-state index in [2.05, 4.69) is 32.5 Å². The number of carbonyl (C=O) groups excluding carboxylic acids is 1. The van der Waals surface area contributed by atoms with Gasteiger partial charge in [0.05, 0.1) is 0 Å². The largest absolute Gasteiger partial charge is 0.351 e. The fraction of sp³-hybridized carbons (Fsp3) is 0.714. The number of amides is 1. The summed E-state index contributed by atoms with van der Waals surface area (Å²) in [4.78, 5) is 22.6. The van der Waals surface area contributed by atoms with Crippen molar-refractivity contribution < 1.29 is 9.18 Å². The second-order valence-electron chi connectivity index (χ2n) is 5.55. The molecule has 1 fully saturated rings. The van der Waals surface area contributed by atoms with Gasteiger partial charge in [0.1, 0.15) is 0 Å². The monoisotopic (exact) mass is 295 g/mol. The van der Waals surface area contributed by atoms with Crippen LogP contribution in [0.4, 0.5) is 16.3 Å². The molecular formula is C14H22FN5O. The lowest BCUT2D eigenvalue weighted by atomic mass is 9.85. The van der Waals surface area contributed by atoms with E-state index in [1.165, 1.54) is 39.0 Å². The smallest absolute Gasteiger partial charge is 0.234 e. The summed E-state index contributed by atoms with van der Waals surface area (Å²) in [6, 6.07) is 0.208. The van der Waals surface area contributed by atoms with Crippen molar-refractivity contribution in [3.63, 3.8) is 0 Å². The number of aromatic nitrogens is 3. The van der Waals surface area contributed by atoms with E-state index in [0.717, 1.165) is 0 Å². The lowest BCUT2D eigenvalue weighted by Gasteiger charge is -2.28. The van der Waals surface area contributed by atoms with Crippen LogP contribution in [0.15, 0.2) is 0 Å². The van der Waals surface area contributed by atoms with Gasteiger partial charge in [-0.25, -0.2) is 4.39 Å². The second kappa shape index (κ2) is 7.28. The molecule has 0 saturated heterocycles. The maximum atomic E-state index is 13.4. The van der Waals surface area contributed by atoms with Crippen LogP contribution < -0.4 is 10.6 Å². The molecule has 2 N–H and O–H groups in total. The van der Waals surface area contributed by atoms with Crippen LogP contribution in [-0.4, -0.2) is 27.4 Å². The lowest BCUT2D eigenvalue weighted by molar-refractivity contribution is -0.105. The molecule has 2 atom stereocenters. The number of nitrogens with zero attached hydrogens (tertiary/aromatic N) is 3. The van der Waals surface area contributed by atoms with Gasteiger partial charge in [0.25, 0.3) is 0 Å². The Morgan fingerprint density at radius 2 is 1.81 bits per heavy atom. The van der Waals surface area contributed by atoms with E-state index in [0.29, 0.717) is 18.3 Å². The first-order valence-corrected chi connectivity index (χ1v) is 7.47. The first kappa shape index (κ1) is 15.6. The quantitative estimate of drug-likeness (QED) is 0.789. The molecule has 0 aromatic carbocycles. The minimum atomic E-state index is -1.31. The summed E-state index contributed by atoms with van der Waals surface area (Å²) >= 11 is 0. The van der Waals surface area contributed by atoms with Crippen LogP contribution in [0, 0.1) is 5.92 Å². The third-order valence-corrected chi connectivity index (χ3v) is 3.91. The van der Waals surface area contributed by atoms with E-state index in [1.54, 1.807) is 0 Å². The van der Waals surface area contributed by atoms with Crippen molar-refractivity contribution in [3.8, 4) is 0 Å². The number of nitrogens with one attached hydrogen (secondary N) is 2. The second-order valence-corrected chi connectivity index (χ2v) is 5.55. The van der Waals surface area contributed by atoms with E-state index in [-0.39, 0.29) is 17.8 Å². The molecule has 1 amide bonds. The van der Waals surface area contributed by atoms with Crippen LogP contribution >= 0.6 is 0 Å². The van der Waals surface area contributed by atoms with Crippen LogP contribution in [-0.2, 0) is 4.79 Å². The molecule has 1 aromatic rings. The molecule has 6 nitrogen and oxygen atoms in total. The summed E-state index contributed by atoms with van der Waals surface area (Å²) in [5.74, 6) is 0.974. The van der Waals surface area contributed by atoms with E-state index < -0.39 is 6.17 Å². The van der Waals surface area contributed by atoms with Gasteiger partial charge in [-0.2, -0.15) is 15.0 Å². The Labute approximate surface area is 124 Å². The van der Waals surface area contributed by atoms with Crippen molar-refractivity contribution in [2.75, 3.05) is 10.6 Å². The summed E-state index contributed by atoms with van der Waals surface area (Å²) in [5.41, 5.74) is 0. The first-order valence-electron chi connectivity index (χ1n) is 7.47. The Hall–Kier alpha value is -1.79. The number of rotatable bonds is 6. The Balaban J connectivity index is 2.11. The van der Waals surface area contributed by atoms with Crippen LogP contribution in [0.25, 0.3) is 0 Å². The van der Waals surface area contributed by atoms with Crippen molar-refractivity contribution in [1.82, 2.24) is 15.0 Å². The molecule has 0 bridgehead atoms. The predicted octanol–water partition coefficient (Wildman–Crippen LogP) is 2.85. The number of halogens is 1. The molecule has 2 unspecified atom stereocenters. The average molecular weight is 295 g/mol. The van der Waals surface area contributed by atoms with Gasteiger partial charge in [-0.3, -0.25) is 10.1 Å². The summed E-state index contributed by atoms with van der Waals surface area (Å²) in [5, 5.41) is 5.57. The molecular weight excluding hydrogens is 273 g/mol. The number of hydrogen-bond acceptors (Lipinski definition) is 5. The number of anilines is 2. The summed E-state index contributed by atoms with van der Waals surface area (Å²) in [6.07, 6.45) is 5.32. The average Bonchev–Trinajstić information content (AvgIpc) is 2.48. The Kier molecular flexibility index (Phi) is 5.41. The van der Waals surface area contributed by atoms with Gasteiger partial charge in [-0.15, -0.1) is 0 Å². The topological polar surface area (TPSA) is 79.8 Å². The van der Waals surface area contributed by atoms with Crippen LogP contribution in [0.5, 0.6) is 0 Å². The Morgan fingerprint density at radius 3 is 2.43 bits per heavy atom. The van der Waals surface area contributed by atoms with Crippen LogP contribution in [0.3, 0.4) is 0 Å². The van der Waals surface area contributed by atoms with Crippen LogP contribution in [0.1, 0.15) is 57.9 Å². The third-order valence-electron chi connectivity index (χ3n) is 3.91. The Morgan fingerprint density at radius 1 is 1.14 bits per heavy atom. The minimum Gasteiger partial charge on any atom is -0.351 e. The predicted molar refractivity (Wildman–Crippen MR) is 78.7 cm³/mol. The zero-order valence-corrected chi connectivity index (χ0v) is 12.5. The maximum Gasteiger partial charge on any atom is 0.234 e. The fourth-order valence-corrected chi connectivity index (χ4v) is 2.71. The highest BCUT2D eigenvalue weighted by Crippen LogP contribution is 2.27. The van der Waals surface area contributed by atoms with Gasteiger partial charge in [0.2, 0.25) is 18.3 Å². The molecule has 0 radical (unpaired) electrons. The van der Waals surface area contributed by atoms with Crippen molar-refractivity contribution >= 4 is 18.3 Å². The zero-order valence-electron chi connectivity index (χ0n) is 12.5. The van der Waals surface area contributed by atoms with Crippen LogP contribution in [0.2, 0.25) is 0 Å². The summed E-state index contributed by atoms with van der Waals surface area (Å²) in [6.45, 7) is 3.44.